The molecule has 1 aliphatic heterocycles. The van der Waals surface area contributed by atoms with Crippen molar-refractivity contribution in [1.29, 1.82) is 0 Å². The number of nitrogens with zero attached hydrogens (tertiary/aromatic N) is 2. The van der Waals surface area contributed by atoms with E-state index in [2.05, 4.69) is 62.0 Å². The first kappa shape index (κ1) is 15.3. The number of rotatable bonds is 3. The van der Waals surface area contributed by atoms with E-state index in [-0.39, 0.29) is 17.7 Å². The Bertz CT molecular complexity index is 432. The fraction of sp³-hybridized carbons (Fsp3) is 0.688. The standard InChI is InChI=1S/C16H27N3O/c1-12-10-19(11-13(2)20-12)15-8-14(6-7-17-15)9-18-16(3,4)5/h6-8,12-13,18H,9-11H2,1-5H3/t12-,13+. The van der Waals surface area contributed by atoms with Crippen LogP contribution in [0, 0.1) is 0 Å². The summed E-state index contributed by atoms with van der Waals surface area (Å²) in [5.41, 5.74) is 1.41. The van der Waals surface area contributed by atoms with Crippen LogP contribution in [-0.2, 0) is 11.3 Å². The van der Waals surface area contributed by atoms with Crippen LogP contribution in [0.2, 0.25) is 0 Å². The summed E-state index contributed by atoms with van der Waals surface area (Å²) < 4.78 is 5.78. The zero-order chi connectivity index (χ0) is 14.8. The van der Waals surface area contributed by atoms with E-state index >= 15 is 0 Å². The third-order valence-electron chi connectivity index (χ3n) is 3.38. The van der Waals surface area contributed by atoms with E-state index in [4.69, 9.17) is 4.74 Å². The molecule has 4 nitrogen and oxygen atoms in total. The summed E-state index contributed by atoms with van der Waals surface area (Å²) in [5.74, 6) is 1.06. The fourth-order valence-corrected chi connectivity index (χ4v) is 2.48. The van der Waals surface area contributed by atoms with Crippen molar-refractivity contribution in [2.45, 2.75) is 58.9 Å². The first-order valence-electron chi connectivity index (χ1n) is 7.44. The van der Waals surface area contributed by atoms with Gasteiger partial charge in [0, 0.05) is 31.4 Å². The van der Waals surface area contributed by atoms with Crippen molar-refractivity contribution in [2.24, 2.45) is 0 Å². The summed E-state index contributed by atoms with van der Waals surface area (Å²) in [7, 11) is 0. The number of ether oxygens (including phenoxy) is 1. The number of pyridine rings is 1. The molecule has 1 aromatic rings. The molecule has 0 spiro atoms. The van der Waals surface area contributed by atoms with Gasteiger partial charge in [-0.2, -0.15) is 0 Å². The maximum absolute atomic E-state index is 5.78. The highest BCUT2D eigenvalue weighted by Crippen LogP contribution is 2.19. The van der Waals surface area contributed by atoms with Gasteiger partial charge >= 0.3 is 0 Å². The predicted molar refractivity (Wildman–Crippen MR) is 83.1 cm³/mol. The smallest absolute Gasteiger partial charge is 0.128 e. The van der Waals surface area contributed by atoms with Crippen LogP contribution >= 0.6 is 0 Å². The second kappa shape index (κ2) is 6.10. The predicted octanol–water partition coefficient (Wildman–Crippen LogP) is 2.58. The zero-order valence-corrected chi connectivity index (χ0v) is 13.3. The van der Waals surface area contributed by atoms with E-state index in [0.717, 1.165) is 25.5 Å². The Labute approximate surface area is 122 Å². The normalized spacial score (nSPS) is 23.9. The van der Waals surface area contributed by atoms with Crippen LogP contribution in [-0.4, -0.2) is 35.8 Å². The molecule has 20 heavy (non-hydrogen) atoms. The van der Waals surface area contributed by atoms with Crippen LogP contribution in [0.5, 0.6) is 0 Å². The van der Waals surface area contributed by atoms with Crippen LogP contribution in [0.3, 0.4) is 0 Å². The van der Waals surface area contributed by atoms with Crippen molar-refractivity contribution in [2.75, 3.05) is 18.0 Å². The minimum Gasteiger partial charge on any atom is -0.372 e. The maximum atomic E-state index is 5.78. The summed E-state index contributed by atoms with van der Waals surface area (Å²) in [6.07, 6.45) is 2.42. The number of aromatic nitrogens is 1. The Morgan fingerprint density at radius 2 is 1.95 bits per heavy atom. The molecule has 1 fully saturated rings. The zero-order valence-electron chi connectivity index (χ0n) is 13.3. The van der Waals surface area contributed by atoms with Gasteiger partial charge in [-0.25, -0.2) is 4.98 Å². The summed E-state index contributed by atoms with van der Waals surface area (Å²) >= 11 is 0. The van der Waals surface area contributed by atoms with E-state index in [0.29, 0.717) is 0 Å². The first-order valence-corrected chi connectivity index (χ1v) is 7.44. The van der Waals surface area contributed by atoms with Crippen LogP contribution in [0.1, 0.15) is 40.2 Å². The third kappa shape index (κ3) is 4.46. The SMILES string of the molecule is C[C@@H]1CN(c2cc(CNC(C)(C)C)ccn2)C[C@H](C)O1. The average molecular weight is 277 g/mol. The molecule has 0 unspecified atom stereocenters. The van der Waals surface area contributed by atoms with Gasteiger partial charge in [0.2, 0.25) is 0 Å². The topological polar surface area (TPSA) is 37.4 Å². The van der Waals surface area contributed by atoms with Gasteiger partial charge < -0.3 is 15.0 Å². The molecule has 0 amide bonds. The van der Waals surface area contributed by atoms with Gasteiger partial charge in [-0.05, 0) is 52.3 Å². The van der Waals surface area contributed by atoms with Gasteiger partial charge in [0.1, 0.15) is 5.82 Å². The number of morpholine rings is 1. The Hall–Kier alpha value is -1.13. The molecule has 1 aromatic heterocycles. The number of hydrogen-bond donors (Lipinski definition) is 1. The van der Waals surface area contributed by atoms with Crippen molar-refractivity contribution in [3.05, 3.63) is 23.9 Å². The molecule has 1 N–H and O–H groups in total. The monoisotopic (exact) mass is 277 g/mol. The second-order valence-electron chi connectivity index (χ2n) is 6.79. The Balaban J connectivity index is 2.05. The minimum absolute atomic E-state index is 0.130. The van der Waals surface area contributed by atoms with Gasteiger partial charge in [-0.15, -0.1) is 0 Å². The second-order valence-corrected chi connectivity index (χ2v) is 6.79. The molecule has 0 saturated carbocycles. The Morgan fingerprint density at radius 1 is 1.30 bits per heavy atom. The van der Waals surface area contributed by atoms with E-state index < -0.39 is 0 Å². The first-order chi connectivity index (χ1) is 9.33. The van der Waals surface area contributed by atoms with E-state index in [1.165, 1.54) is 5.56 Å². The molecule has 112 valence electrons. The van der Waals surface area contributed by atoms with Crippen LogP contribution < -0.4 is 10.2 Å². The summed E-state index contributed by atoms with van der Waals surface area (Å²) in [4.78, 5) is 6.84. The molecule has 1 aliphatic rings. The van der Waals surface area contributed by atoms with Crippen LogP contribution in [0.4, 0.5) is 5.82 Å². The lowest BCUT2D eigenvalue weighted by atomic mass is 10.1. The summed E-state index contributed by atoms with van der Waals surface area (Å²) in [6, 6.07) is 4.26. The number of anilines is 1. The van der Waals surface area contributed by atoms with E-state index in [9.17, 15) is 0 Å². The van der Waals surface area contributed by atoms with Crippen LogP contribution in [0.25, 0.3) is 0 Å². The Morgan fingerprint density at radius 3 is 2.55 bits per heavy atom. The molecule has 0 bridgehead atoms. The van der Waals surface area contributed by atoms with E-state index in [1.54, 1.807) is 0 Å². The Kier molecular flexibility index (Phi) is 4.66. The lowest BCUT2D eigenvalue weighted by Crippen LogP contribution is -2.45. The maximum Gasteiger partial charge on any atom is 0.128 e. The third-order valence-corrected chi connectivity index (χ3v) is 3.38. The average Bonchev–Trinajstić information content (AvgIpc) is 2.35. The highest BCUT2D eigenvalue weighted by molar-refractivity contribution is 5.41. The molecule has 2 rings (SSSR count). The van der Waals surface area contributed by atoms with Crippen molar-refractivity contribution in [3.63, 3.8) is 0 Å². The minimum atomic E-state index is 0.130. The lowest BCUT2D eigenvalue weighted by Gasteiger charge is -2.36. The van der Waals surface area contributed by atoms with Crippen molar-refractivity contribution >= 4 is 5.82 Å². The molecular formula is C16H27N3O. The van der Waals surface area contributed by atoms with E-state index in [1.807, 2.05) is 6.20 Å². The van der Waals surface area contributed by atoms with Gasteiger partial charge in [-0.1, -0.05) is 0 Å². The molecule has 0 aromatic carbocycles. The lowest BCUT2D eigenvalue weighted by molar-refractivity contribution is -0.00546. The number of hydrogen-bond acceptors (Lipinski definition) is 4. The van der Waals surface area contributed by atoms with Gasteiger partial charge in [0.15, 0.2) is 0 Å². The van der Waals surface area contributed by atoms with Crippen molar-refractivity contribution < 1.29 is 4.74 Å². The van der Waals surface area contributed by atoms with Crippen molar-refractivity contribution in [3.8, 4) is 0 Å². The largest absolute Gasteiger partial charge is 0.372 e. The van der Waals surface area contributed by atoms with Crippen molar-refractivity contribution in [1.82, 2.24) is 10.3 Å². The van der Waals surface area contributed by atoms with Crippen LogP contribution in [0.15, 0.2) is 18.3 Å². The van der Waals surface area contributed by atoms with Gasteiger partial charge in [-0.3, -0.25) is 0 Å². The quantitative estimate of drug-likeness (QED) is 0.921. The molecule has 2 atom stereocenters. The fourth-order valence-electron chi connectivity index (χ4n) is 2.48. The molecular weight excluding hydrogens is 250 g/mol. The highest BCUT2D eigenvalue weighted by atomic mass is 16.5. The number of nitrogens with one attached hydrogen (secondary N) is 1. The molecule has 2 heterocycles. The molecule has 0 aliphatic carbocycles. The highest BCUT2D eigenvalue weighted by Gasteiger charge is 2.23. The summed E-state index contributed by atoms with van der Waals surface area (Å²) in [6.45, 7) is 13.5. The summed E-state index contributed by atoms with van der Waals surface area (Å²) in [5, 5.41) is 3.51. The molecule has 0 radical (unpaired) electrons. The van der Waals surface area contributed by atoms with Gasteiger partial charge in [0.25, 0.3) is 0 Å². The van der Waals surface area contributed by atoms with Gasteiger partial charge in [0.05, 0.1) is 12.2 Å². The molecule has 4 heteroatoms. The molecule has 1 saturated heterocycles.